The van der Waals surface area contributed by atoms with Crippen LogP contribution in [0.5, 0.6) is 0 Å². The Hall–Kier alpha value is -0.650. The highest BCUT2D eigenvalue weighted by Gasteiger charge is 2.28. The standard InChI is InChI=1S/C14H28N2O3/c1-12-11-13(5-6-15-12)14(17)16(8-10-19-3)7-4-9-18-2/h12-13,15H,4-11H2,1-3H3/t12-,13-/m0/s1. The third kappa shape index (κ3) is 5.89. The van der Waals surface area contributed by atoms with Crippen LogP contribution in [-0.2, 0) is 14.3 Å². The van der Waals surface area contributed by atoms with Gasteiger partial charge in [-0.25, -0.2) is 0 Å². The smallest absolute Gasteiger partial charge is 0.225 e. The lowest BCUT2D eigenvalue weighted by Gasteiger charge is -2.32. The summed E-state index contributed by atoms with van der Waals surface area (Å²) in [6.45, 7) is 5.81. The molecule has 0 bridgehead atoms. The van der Waals surface area contributed by atoms with Crippen molar-refractivity contribution in [3.05, 3.63) is 0 Å². The van der Waals surface area contributed by atoms with E-state index in [4.69, 9.17) is 9.47 Å². The van der Waals surface area contributed by atoms with Gasteiger partial charge < -0.3 is 19.7 Å². The van der Waals surface area contributed by atoms with E-state index in [0.717, 1.165) is 32.4 Å². The molecule has 0 aromatic rings. The van der Waals surface area contributed by atoms with Gasteiger partial charge in [0.15, 0.2) is 0 Å². The molecule has 112 valence electrons. The lowest BCUT2D eigenvalue weighted by molar-refractivity contribution is -0.137. The highest BCUT2D eigenvalue weighted by molar-refractivity contribution is 5.79. The van der Waals surface area contributed by atoms with Gasteiger partial charge in [-0.2, -0.15) is 0 Å². The maximum atomic E-state index is 12.5. The minimum atomic E-state index is 0.163. The van der Waals surface area contributed by atoms with Crippen LogP contribution in [0.25, 0.3) is 0 Å². The van der Waals surface area contributed by atoms with E-state index < -0.39 is 0 Å². The summed E-state index contributed by atoms with van der Waals surface area (Å²) in [6, 6.07) is 0.436. The Bertz CT molecular complexity index is 261. The molecule has 0 unspecified atom stereocenters. The van der Waals surface area contributed by atoms with Crippen LogP contribution in [0.3, 0.4) is 0 Å². The van der Waals surface area contributed by atoms with Gasteiger partial charge in [0.1, 0.15) is 0 Å². The van der Waals surface area contributed by atoms with Crippen molar-refractivity contribution in [1.82, 2.24) is 10.2 Å². The zero-order valence-corrected chi connectivity index (χ0v) is 12.5. The average molecular weight is 272 g/mol. The van der Waals surface area contributed by atoms with Crippen molar-refractivity contribution >= 4 is 5.91 Å². The molecule has 2 atom stereocenters. The van der Waals surface area contributed by atoms with Crippen molar-refractivity contribution in [2.45, 2.75) is 32.2 Å². The van der Waals surface area contributed by atoms with E-state index >= 15 is 0 Å². The number of nitrogens with zero attached hydrogens (tertiary/aromatic N) is 1. The lowest BCUT2D eigenvalue weighted by atomic mass is 9.92. The number of hydrogen-bond donors (Lipinski definition) is 1. The maximum absolute atomic E-state index is 12.5. The van der Waals surface area contributed by atoms with Crippen molar-refractivity contribution in [2.24, 2.45) is 5.92 Å². The van der Waals surface area contributed by atoms with Gasteiger partial charge in [-0.3, -0.25) is 4.79 Å². The number of nitrogens with one attached hydrogen (secondary N) is 1. The molecule has 1 rings (SSSR count). The zero-order valence-electron chi connectivity index (χ0n) is 12.5. The largest absolute Gasteiger partial charge is 0.385 e. The second-order valence-electron chi connectivity index (χ2n) is 5.24. The molecule has 0 radical (unpaired) electrons. The Kier molecular flexibility index (Phi) is 8.02. The minimum Gasteiger partial charge on any atom is -0.385 e. The van der Waals surface area contributed by atoms with Crippen molar-refractivity contribution in [3.8, 4) is 0 Å². The molecule has 19 heavy (non-hydrogen) atoms. The van der Waals surface area contributed by atoms with E-state index in [1.54, 1.807) is 14.2 Å². The van der Waals surface area contributed by atoms with Gasteiger partial charge in [0.25, 0.3) is 0 Å². The summed E-state index contributed by atoms with van der Waals surface area (Å²) in [5.74, 6) is 0.442. The van der Waals surface area contributed by atoms with E-state index in [9.17, 15) is 4.79 Å². The van der Waals surface area contributed by atoms with Crippen LogP contribution >= 0.6 is 0 Å². The molecule has 1 heterocycles. The maximum Gasteiger partial charge on any atom is 0.225 e. The molecule has 5 nitrogen and oxygen atoms in total. The predicted molar refractivity (Wildman–Crippen MR) is 75.1 cm³/mol. The zero-order chi connectivity index (χ0) is 14.1. The predicted octanol–water partition coefficient (Wildman–Crippen LogP) is 0.886. The van der Waals surface area contributed by atoms with Gasteiger partial charge in [0, 0.05) is 45.9 Å². The van der Waals surface area contributed by atoms with E-state index in [1.807, 2.05) is 4.90 Å². The van der Waals surface area contributed by atoms with Crippen LogP contribution in [0, 0.1) is 5.92 Å². The molecule has 0 spiro atoms. The number of carbonyl (C=O) groups excluding carboxylic acids is 1. The summed E-state index contributed by atoms with van der Waals surface area (Å²) in [4.78, 5) is 14.5. The van der Waals surface area contributed by atoms with E-state index in [2.05, 4.69) is 12.2 Å². The first-order valence-electron chi connectivity index (χ1n) is 7.19. The Balaban J connectivity index is 2.48. The summed E-state index contributed by atoms with van der Waals surface area (Å²) >= 11 is 0. The SMILES string of the molecule is COCCCN(CCOC)C(=O)[C@H]1CCN[C@@H](C)C1. The Labute approximate surface area is 116 Å². The molecular weight excluding hydrogens is 244 g/mol. The van der Waals surface area contributed by atoms with Crippen LogP contribution in [0.2, 0.25) is 0 Å². The third-order valence-electron chi connectivity index (χ3n) is 3.63. The van der Waals surface area contributed by atoms with Crippen molar-refractivity contribution in [2.75, 3.05) is 47.1 Å². The minimum absolute atomic E-state index is 0.163. The van der Waals surface area contributed by atoms with E-state index in [-0.39, 0.29) is 11.8 Å². The van der Waals surface area contributed by atoms with Gasteiger partial charge in [-0.05, 0) is 32.7 Å². The summed E-state index contributed by atoms with van der Waals surface area (Å²) in [6.07, 6.45) is 2.76. The van der Waals surface area contributed by atoms with Crippen LogP contribution < -0.4 is 5.32 Å². The lowest BCUT2D eigenvalue weighted by Crippen LogP contribution is -2.45. The number of piperidine rings is 1. The molecule has 1 amide bonds. The number of methoxy groups -OCH3 is 2. The first kappa shape index (κ1) is 16.4. The van der Waals surface area contributed by atoms with Gasteiger partial charge in [0.2, 0.25) is 5.91 Å². The fourth-order valence-corrected chi connectivity index (χ4v) is 2.55. The molecule has 1 saturated heterocycles. The van der Waals surface area contributed by atoms with Crippen molar-refractivity contribution in [3.63, 3.8) is 0 Å². The van der Waals surface area contributed by atoms with Gasteiger partial charge in [0.05, 0.1) is 6.61 Å². The van der Waals surface area contributed by atoms with Crippen LogP contribution in [0.4, 0.5) is 0 Å². The number of hydrogen-bond acceptors (Lipinski definition) is 4. The Morgan fingerprint density at radius 2 is 2.00 bits per heavy atom. The number of carbonyl (C=O) groups is 1. The van der Waals surface area contributed by atoms with Gasteiger partial charge in [-0.15, -0.1) is 0 Å². The normalized spacial score (nSPS) is 23.3. The molecular formula is C14H28N2O3. The quantitative estimate of drug-likeness (QED) is 0.667. The van der Waals surface area contributed by atoms with Crippen molar-refractivity contribution in [1.29, 1.82) is 0 Å². The van der Waals surface area contributed by atoms with Crippen molar-refractivity contribution < 1.29 is 14.3 Å². The molecule has 1 aliphatic rings. The summed E-state index contributed by atoms with van der Waals surface area (Å²) < 4.78 is 10.2. The van der Waals surface area contributed by atoms with Crippen LogP contribution in [0.1, 0.15) is 26.2 Å². The Morgan fingerprint density at radius 3 is 2.63 bits per heavy atom. The van der Waals surface area contributed by atoms with Crippen LogP contribution in [0.15, 0.2) is 0 Å². The molecule has 0 saturated carbocycles. The van der Waals surface area contributed by atoms with E-state index in [1.165, 1.54) is 0 Å². The summed E-state index contributed by atoms with van der Waals surface area (Å²) in [7, 11) is 3.36. The fourth-order valence-electron chi connectivity index (χ4n) is 2.55. The molecule has 5 heteroatoms. The van der Waals surface area contributed by atoms with Crippen LogP contribution in [-0.4, -0.2) is 63.9 Å². The number of amides is 1. The average Bonchev–Trinajstić information content (AvgIpc) is 2.42. The van der Waals surface area contributed by atoms with Gasteiger partial charge >= 0.3 is 0 Å². The number of ether oxygens (including phenoxy) is 2. The fraction of sp³-hybridized carbons (Fsp3) is 0.929. The second kappa shape index (κ2) is 9.28. The Morgan fingerprint density at radius 1 is 1.26 bits per heavy atom. The molecule has 1 aliphatic heterocycles. The monoisotopic (exact) mass is 272 g/mol. The molecule has 0 aliphatic carbocycles. The second-order valence-corrected chi connectivity index (χ2v) is 5.24. The van der Waals surface area contributed by atoms with E-state index in [0.29, 0.717) is 25.8 Å². The molecule has 1 fully saturated rings. The molecule has 0 aromatic carbocycles. The third-order valence-corrected chi connectivity index (χ3v) is 3.63. The highest BCUT2D eigenvalue weighted by Crippen LogP contribution is 2.19. The van der Waals surface area contributed by atoms with Gasteiger partial charge in [-0.1, -0.05) is 0 Å². The summed E-state index contributed by atoms with van der Waals surface area (Å²) in [5.41, 5.74) is 0. The topological polar surface area (TPSA) is 50.8 Å². The summed E-state index contributed by atoms with van der Waals surface area (Å²) in [5, 5.41) is 3.39. The molecule has 0 aromatic heterocycles. The molecule has 1 N–H and O–H groups in total. The number of rotatable bonds is 8. The highest BCUT2D eigenvalue weighted by atomic mass is 16.5. The first-order chi connectivity index (χ1) is 9.19. The first-order valence-corrected chi connectivity index (χ1v) is 7.19.